The topological polar surface area (TPSA) is 44.4 Å². The second-order valence-corrected chi connectivity index (χ2v) is 5.24. The number of amides is 2. The molecule has 0 aliphatic carbocycles. The van der Waals surface area contributed by atoms with E-state index < -0.39 is 0 Å². The van der Waals surface area contributed by atoms with Crippen molar-refractivity contribution in [3.63, 3.8) is 0 Å². The summed E-state index contributed by atoms with van der Waals surface area (Å²) >= 11 is 0. The van der Waals surface area contributed by atoms with Crippen molar-refractivity contribution in [3.05, 3.63) is 0 Å². The molecule has 0 saturated carbocycles. The SMILES string of the molecule is C#C[C@@H](NC(=O)N[C@H]1CCCN(CC)C1)C(C)C. The lowest BCUT2D eigenvalue weighted by Crippen LogP contribution is -2.52. The quantitative estimate of drug-likeness (QED) is 0.742. The van der Waals surface area contributed by atoms with Crippen molar-refractivity contribution < 1.29 is 4.79 Å². The Morgan fingerprint density at radius 3 is 2.83 bits per heavy atom. The van der Waals surface area contributed by atoms with E-state index in [0.29, 0.717) is 0 Å². The van der Waals surface area contributed by atoms with E-state index in [4.69, 9.17) is 6.42 Å². The van der Waals surface area contributed by atoms with Gasteiger partial charge in [-0.25, -0.2) is 4.79 Å². The Bertz CT molecular complexity index is 309. The number of nitrogens with zero attached hydrogens (tertiary/aromatic N) is 1. The van der Waals surface area contributed by atoms with E-state index in [0.717, 1.165) is 32.5 Å². The van der Waals surface area contributed by atoms with Crippen LogP contribution >= 0.6 is 0 Å². The van der Waals surface area contributed by atoms with Gasteiger partial charge in [-0.05, 0) is 31.8 Å². The zero-order valence-corrected chi connectivity index (χ0v) is 11.7. The van der Waals surface area contributed by atoms with Crippen molar-refractivity contribution >= 4 is 6.03 Å². The number of carbonyl (C=O) groups excluding carboxylic acids is 1. The third kappa shape index (κ3) is 4.58. The van der Waals surface area contributed by atoms with E-state index in [9.17, 15) is 4.79 Å². The molecule has 0 aromatic carbocycles. The lowest BCUT2D eigenvalue weighted by atomic mass is 10.1. The van der Waals surface area contributed by atoms with Crippen LogP contribution in [0.2, 0.25) is 0 Å². The van der Waals surface area contributed by atoms with Crippen LogP contribution in [-0.2, 0) is 0 Å². The van der Waals surface area contributed by atoms with Crippen molar-refractivity contribution in [1.82, 2.24) is 15.5 Å². The number of rotatable bonds is 4. The molecule has 2 atom stereocenters. The van der Waals surface area contributed by atoms with E-state index in [1.54, 1.807) is 0 Å². The summed E-state index contributed by atoms with van der Waals surface area (Å²) in [5, 5.41) is 5.86. The van der Waals surface area contributed by atoms with Crippen LogP contribution < -0.4 is 10.6 Å². The predicted octanol–water partition coefficient (Wildman–Crippen LogP) is 1.43. The summed E-state index contributed by atoms with van der Waals surface area (Å²) in [5.41, 5.74) is 0. The van der Waals surface area contributed by atoms with Gasteiger partial charge in [0.25, 0.3) is 0 Å². The number of hydrogen-bond donors (Lipinski definition) is 2. The van der Waals surface area contributed by atoms with Gasteiger partial charge < -0.3 is 15.5 Å². The Morgan fingerprint density at radius 2 is 2.28 bits per heavy atom. The predicted molar refractivity (Wildman–Crippen MR) is 74.3 cm³/mol. The molecule has 1 fully saturated rings. The normalized spacial score (nSPS) is 22.3. The summed E-state index contributed by atoms with van der Waals surface area (Å²) in [6.07, 6.45) is 7.59. The summed E-state index contributed by atoms with van der Waals surface area (Å²) in [6.45, 7) is 9.27. The number of terminal acetylenes is 1. The monoisotopic (exact) mass is 251 g/mol. The molecular formula is C14H25N3O. The number of likely N-dealkylation sites (tertiary alicyclic amines) is 1. The maximum atomic E-state index is 11.8. The summed E-state index contributed by atoms with van der Waals surface area (Å²) in [7, 11) is 0. The van der Waals surface area contributed by atoms with Gasteiger partial charge in [0, 0.05) is 12.6 Å². The average Bonchev–Trinajstić information content (AvgIpc) is 2.35. The van der Waals surface area contributed by atoms with Gasteiger partial charge in [-0.1, -0.05) is 26.7 Å². The van der Waals surface area contributed by atoms with Crippen LogP contribution in [0.15, 0.2) is 0 Å². The number of carbonyl (C=O) groups is 1. The van der Waals surface area contributed by atoms with Gasteiger partial charge in [0.05, 0.1) is 6.04 Å². The number of piperidine rings is 1. The first-order valence-corrected chi connectivity index (χ1v) is 6.82. The molecule has 0 aromatic heterocycles. The third-order valence-corrected chi connectivity index (χ3v) is 3.42. The molecule has 2 amide bonds. The lowest BCUT2D eigenvalue weighted by Gasteiger charge is -2.32. The molecule has 1 rings (SSSR count). The molecular weight excluding hydrogens is 226 g/mol. The van der Waals surface area contributed by atoms with Crippen molar-refractivity contribution in [2.45, 2.75) is 45.7 Å². The number of likely N-dealkylation sites (N-methyl/N-ethyl adjacent to an activating group) is 1. The summed E-state index contributed by atoms with van der Waals surface area (Å²) in [5.74, 6) is 2.86. The number of hydrogen-bond acceptors (Lipinski definition) is 2. The average molecular weight is 251 g/mol. The van der Waals surface area contributed by atoms with Crippen LogP contribution in [0.1, 0.15) is 33.6 Å². The summed E-state index contributed by atoms with van der Waals surface area (Å²) < 4.78 is 0. The minimum absolute atomic E-state index is 0.144. The van der Waals surface area contributed by atoms with Crippen LogP contribution in [-0.4, -0.2) is 42.6 Å². The fourth-order valence-corrected chi connectivity index (χ4v) is 2.23. The van der Waals surface area contributed by atoms with Crippen molar-refractivity contribution in [2.75, 3.05) is 19.6 Å². The minimum Gasteiger partial charge on any atom is -0.334 e. The number of nitrogens with one attached hydrogen (secondary N) is 2. The van der Waals surface area contributed by atoms with Crippen molar-refractivity contribution in [3.8, 4) is 12.3 Å². The van der Waals surface area contributed by atoms with E-state index in [1.807, 2.05) is 13.8 Å². The highest BCUT2D eigenvalue weighted by molar-refractivity contribution is 5.75. The first kappa shape index (κ1) is 14.8. The smallest absolute Gasteiger partial charge is 0.316 e. The van der Waals surface area contributed by atoms with Crippen LogP contribution in [0.5, 0.6) is 0 Å². The van der Waals surface area contributed by atoms with Gasteiger partial charge in [-0.3, -0.25) is 0 Å². The molecule has 102 valence electrons. The molecule has 0 bridgehead atoms. The van der Waals surface area contributed by atoms with Crippen LogP contribution in [0, 0.1) is 18.3 Å². The van der Waals surface area contributed by atoms with Gasteiger partial charge >= 0.3 is 6.03 Å². The highest BCUT2D eigenvalue weighted by atomic mass is 16.2. The molecule has 4 heteroatoms. The van der Waals surface area contributed by atoms with Crippen molar-refractivity contribution in [2.24, 2.45) is 5.92 Å². The zero-order chi connectivity index (χ0) is 13.5. The Labute approximate surface area is 110 Å². The number of urea groups is 1. The highest BCUT2D eigenvalue weighted by Gasteiger charge is 2.21. The summed E-state index contributed by atoms with van der Waals surface area (Å²) in [4.78, 5) is 14.2. The van der Waals surface area contributed by atoms with Gasteiger partial charge in [0.2, 0.25) is 0 Å². The Kier molecular flexibility index (Phi) is 6.00. The second kappa shape index (κ2) is 7.27. The molecule has 4 nitrogen and oxygen atoms in total. The maximum absolute atomic E-state index is 11.8. The molecule has 2 N–H and O–H groups in total. The minimum atomic E-state index is -0.198. The lowest BCUT2D eigenvalue weighted by molar-refractivity contribution is 0.191. The van der Waals surface area contributed by atoms with E-state index in [2.05, 4.69) is 28.4 Å². The van der Waals surface area contributed by atoms with Crippen LogP contribution in [0.25, 0.3) is 0 Å². The van der Waals surface area contributed by atoms with Gasteiger partial charge in [0.15, 0.2) is 0 Å². The Hall–Kier alpha value is -1.21. The molecule has 0 unspecified atom stereocenters. The van der Waals surface area contributed by atoms with Crippen molar-refractivity contribution in [1.29, 1.82) is 0 Å². The van der Waals surface area contributed by atoms with E-state index >= 15 is 0 Å². The summed E-state index contributed by atoms with van der Waals surface area (Å²) in [6, 6.07) is -0.102. The molecule has 1 aliphatic heterocycles. The van der Waals surface area contributed by atoms with Crippen LogP contribution in [0.3, 0.4) is 0 Å². The first-order chi connectivity index (χ1) is 8.56. The molecule has 1 heterocycles. The Balaban J connectivity index is 2.38. The Morgan fingerprint density at radius 1 is 1.56 bits per heavy atom. The van der Waals surface area contributed by atoms with E-state index in [1.165, 1.54) is 0 Å². The molecule has 1 aliphatic rings. The van der Waals surface area contributed by atoms with Gasteiger partial charge in [-0.15, -0.1) is 6.42 Å². The molecule has 1 saturated heterocycles. The first-order valence-electron chi connectivity index (χ1n) is 6.82. The fourth-order valence-electron chi connectivity index (χ4n) is 2.23. The maximum Gasteiger partial charge on any atom is 0.316 e. The molecule has 0 spiro atoms. The second-order valence-electron chi connectivity index (χ2n) is 5.24. The van der Waals surface area contributed by atoms with Crippen LogP contribution in [0.4, 0.5) is 4.79 Å². The molecule has 0 aromatic rings. The highest BCUT2D eigenvalue weighted by Crippen LogP contribution is 2.09. The molecule has 0 radical (unpaired) electrons. The standard InChI is InChI=1S/C14H25N3O/c1-5-13(11(3)4)16-14(18)15-12-8-7-9-17(6-2)10-12/h1,11-13H,6-10H2,2-4H3,(H2,15,16,18)/t12-,13+/m0/s1. The largest absolute Gasteiger partial charge is 0.334 e. The fraction of sp³-hybridized carbons (Fsp3) is 0.786. The zero-order valence-electron chi connectivity index (χ0n) is 11.7. The van der Waals surface area contributed by atoms with Gasteiger partial charge in [-0.2, -0.15) is 0 Å². The third-order valence-electron chi connectivity index (χ3n) is 3.42. The molecule has 18 heavy (non-hydrogen) atoms. The van der Waals surface area contributed by atoms with E-state index in [-0.39, 0.29) is 24.0 Å². The van der Waals surface area contributed by atoms with Gasteiger partial charge in [0.1, 0.15) is 0 Å².